The second-order valence-electron chi connectivity index (χ2n) is 7.49. The summed E-state index contributed by atoms with van der Waals surface area (Å²) in [4.78, 5) is 21.4. The summed E-state index contributed by atoms with van der Waals surface area (Å²) in [5.74, 6) is 1.90. The molecule has 2 N–H and O–H groups in total. The van der Waals surface area contributed by atoms with E-state index in [2.05, 4.69) is 32.6 Å². The third kappa shape index (κ3) is 8.07. The standard InChI is InChI=1S/C23H33N5O3/c1-30-17-11-24-22(29)19-27-12-14-28(15-13-27)23(25-10-9-21-8-5-16-31-21)26-18-20-6-3-2-4-7-20/h2-8,16H,9-15,17-19H2,1H3,(H,24,29)(H,25,26). The number of nitrogens with one attached hydrogen (secondary N) is 2. The maximum atomic E-state index is 12.0. The van der Waals surface area contributed by atoms with Crippen molar-refractivity contribution in [1.82, 2.24) is 20.4 Å². The molecular weight excluding hydrogens is 394 g/mol. The predicted octanol–water partition coefficient (Wildman–Crippen LogP) is 1.35. The lowest BCUT2D eigenvalue weighted by atomic mass is 10.2. The van der Waals surface area contributed by atoms with E-state index in [4.69, 9.17) is 14.1 Å². The summed E-state index contributed by atoms with van der Waals surface area (Å²) in [5, 5.41) is 6.37. The molecule has 0 saturated carbocycles. The number of methoxy groups -OCH3 is 1. The molecule has 1 aliphatic heterocycles. The van der Waals surface area contributed by atoms with E-state index in [1.165, 1.54) is 5.56 Å². The Kier molecular flexibility index (Phi) is 9.40. The highest BCUT2D eigenvalue weighted by Crippen LogP contribution is 2.06. The molecule has 2 heterocycles. The topological polar surface area (TPSA) is 82.3 Å². The van der Waals surface area contributed by atoms with Crippen LogP contribution in [-0.2, 0) is 22.5 Å². The Morgan fingerprint density at radius 3 is 2.58 bits per heavy atom. The Balaban J connectivity index is 1.51. The molecule has 1 aromatic carbocycles. The van der Waals surface area contributed by atoms with Crippen molar-refractivity contribution in [2.75, 3.05) is 59.5 Å². The minimum absolute atomic E-state index is 0.0417. The van der Waals surface area contributed by atoms with E-state index in [1.54, 1.807) is 13.4 Å². The van der Waals surface area contributed by atoms with Gasteiger partial charge in [-0.05, 0) is 17.7 Å². The lowest BCUT2D eigenvalue weighted by Gasteiger charge is -2.36. The molecule has 8 heteroatoms. The second kappa shape index (κ2) is 12.8. The minimum atomic E-state index is 0.0417. The number of piperazine rings is 1. The highest BCUT2D eigenvalue weighted by molar-refractivity contribution is 5.80. The predicted molar refractivity (Wildman–Crippen MR) is 121 cm³/mol. The third-order valence-corrected chi connectivity index (χ3v) is 5.16. The maximum absolute atomic E-state index is 12.0. The molecule has 0 aliphatic carbocycles. The normalized spacial score (nSPS) is 15.1. The molecule has 8 nitrogen and oxygen atoms in total. The van der Waals surface area contributed by atoms with Crippen LogP contribution in [0.25, 0.3) is 0 Å². The van der Waals surface area contributed by atoms with Gasteiger partial charge in [-0.3, -0.25) is 9.69 Å². The number of carbonyl (C=O) groups is 1. The summed E-state index contributed by atoms with van der Waals surface area (Å²) in [6.45, 7) is 6.17. The van der Waals surface area contributed by atoms with E-state index >= 15 is 0 Å². The Bertz CT molecular complexity index is 787. The molecule has 2 aromatic rings. The first-order valence-electron chi connectivity index (χ1n) is 10.8. The Morgan fingerprint density at radius 2 is 1.87 bits per heavy atom. The number of hydrogen-bond acceptors (Lipinski definition) is 5. The molecule has 1 aromatic heterocycles. The maximum Gasteiger partial charge on any atom is 0.234 e. The highest BCUT2D eigenvalue weighted by atomic mass is 16.5. The van der Waals surface area contributed by atoms with E-state index in [-0.39, 0.29) is 5.91 Å². The van der Waals surface area contributed by atoms with Gasteiger partial charge in [0.05, 0.1) is 26.0 Å². The second-order valence-corrected chi connectivity index (χ2v) is 7.49. The van der Waals surface area contributed by atoms with Gasteiger partial charge in [-0.2, -0.15) is 0 Å². The number of rotatable bonds is 10. The van der Waals surface area contributed by atoms with Gasteiger partial charge in [0.1, 0.15) is 5.76 Å². The first-order chi connectivity index (χ1) is 15.2. The molecule has 1 saturated heterocycles. The average Bonchev–Trinajstić information content (AvgIpc) is 3.31. The summed E-state index contributed by atoms with van der Waals surface area (Å²) < 4.78 is 10.4. The average molecular weight is 428 g/mol. The zero-order valence-corrected chi connectivity index (χ0v) is 18.3. The number of furan rings is 1. The Morgan fingerprint density at radius 1 is 1.06 bits per heavy atom. The van der Waals surface area contributed by atoms with Gasteiger partial charge >= 0.3 is 0 Å². The van der Waals surface area contributed by atoms with Crippen LogP contribution >= 0.6 is 0 Å². The molecule has 31 heavy (non-hydrogen) atoms. The van der Waals surface area contributed by atoms with Crippen LogP contribution in [0.2, 0.25) is 0 Å². The Labute approximate surface area is 184 Å². The van der Waals surface area contributed by atoms with Crippen LogP contribution < -0.4 is 10.6 Å². The SMILES string of the molecule is COCCNC(=O)CN1CCN(C(=NCc2ccccc2)NCCc2ccco2)CC1. The number of guanidine groups is 1. The smallest absolute Gasteiger partial charge is 0.234 e. The molecule has 0 spiro atoms. The molecule has 168 valence electrons. The molecule has 1 fully saturated rings. The van der Waals surface area contributed by atoms with Gasteiger partial charge in [0.25, 0.3) is 0 Å². The quantitative estimate of drug-likeness (QED) is 0.338. The first-order valence-corrected chi connectivity index (χ1v) is 10.8. The van der Waals surface area contributed by atoms with Crippen LogP contribution in [0.4, 0.5) is 0 Å². The van der Waals surface area contributed by atoms with Crippen LogP contribution in [0, 0.1) is 0 Å². The third-order valence-electron chi connectivity index (χ3n) is 5.16. The van der Waals surface area contributed by atoms with Crippen molar-refractivity contribution < 1.29 is 13.9 Å². The summed E-state index contributed by atoms with van der Waals surface area (Å²) in [6.07, 6.45) is 2.50. The zero-order valence-electron chi connectivity index (χ0n) is 18.3. The fraction of sp³-hybridized carbons (Fsp3) is 0.478. The highest BCUT2D eigenvalue weighted by Gasteiger charge is 2.21. The molecule has 0 unspecified atom stereocenters. The number of amides is 1. The van der Waals surface area contributed by atoms with Crippen molar-refractivity contribution >= 4 is 11.9 Å². The number of nitrogens with zero attached hydrogens (tertiary/aromatic N) is 3. The van der Waals surface area contributed by atoms with Crippen LogP contribution in [0.1, 0.15) is 11.3 Å². The summed E-state index contributed by atoms with van der Waals surface area (Å²) in [7, 11) is 1.63. The van der Waals surface area contributed by atoms with Gasteiger partial charge in [-0.15, -0.1) is 0 Å². The van der Waals surface area contributed by atoms with Gasteiger partial charge in [0, 0.05) is 52.8 Å². The van der Waals surface area contributed by atoms with E-state index in [0.29, 0.717) is 26.2 Å². The first kappa shape index (κ1) is 22.8. The van der Waals surface area contributed by atoms with Crippen LogP contribution in [0.3, 0.4) is 0 Å². The van der Waals surface area contributed by atoms with Crippen LogP contribution in [0.15, 0.2) is 58.1 Å². The largest absolute Gasteiger partial charge is 0.469 e. The number of benzene rings is 1. The molecular formula is C23H33N5O3. The lowest BCUT2D eigenvalue weighted by molar-refractivity contribution is -0.122. The van der Waals surface area contributed by atoms with E-state index < -0.39 is 0 Å². The van der Waals surface area contributed by atoms with Gasteiger partial charge in [0.15, 0.2) is 5.96 Å². The van der Waals surface area contributed by atoms with Crippen molar-refractivity contribution in [3.05, 3.63) is 60.1 Å². The van der Waals surface area contributed by atoms with Crippen molar-refractivity contribution in [2.45, 2.75) is 13.0 Å². The number of ether oxygens (including phenoxy) is 1. The molecule has 0 radical (unpaired) electrons. The monoisotopic (exact) mass is 427 g/mol. The van der Waals surface area contributed by atoms with E-state index in [1.807, 2.05) is 30.3 Å². The number of carbonyl (C=O) groups excluding carboxylic acids is 1. The van der Waals surface area contributed by atoms with Gasteiger partial charge in [-0.25, -0.2) is 4.99 Å². The van der Waals surface area contributed by atoms with Crippen LogP contribution in [-0.4, -0.2) is 81.2 Å². The zero-order chi connectivity index (χ0) is 21.7. The van der Waals surface area contributed by atoms with Crippen LogP contribution in [0.5, 0.6) is 0 Å². The van der Waals surface area contributed by atoms with Crippen molar-refractivity contribution in [3.8, 4) is 0 Å². The molecule has 0 atom stereocenters. The van der Waals surface area contributed by atoms with Gasteiger partial charge < -0.3 is 24.7 Å². The molecule has 1 aliphatic rings. The minimum Gasteiger partial charge on any atom is -0.469 e. The lowest BCUT2D eigenvalue weighted by Crippen LogP contribution is -2.54. The number of aliphatic imine (C=N–C) groups is 1. The summed E-state index contributed by atoms with van der Waals surface area (Å²) >= 11 is 0. The van der Waals surface area contributed by atoms with Crippen molar-refractivity contribution in [2.24, 2.45) is 4.99 Å². The summed E-state index contributed by atoms with van der Waals surface area (Å²) in [6, 6.07) is 14.1. The van der Waals surface area contributed by atoms with Gasteiger partial charge in [0.2, 0.25) is 5.91 Å². The number of hydrogen-bond donors (Lipinski definition) is 2. The Hall–Kier alpha value is -2.84. The molecule has 0 bridgehead atoms. The van der Waals surface area contributed by atoms with Crippen molar-refractivity contribution in [1.29, 1.82) is 0 Å². The van der Waals surface area contributed by atoms with E-state index in [0.717, 1.165) is 50.9 Å². The van der Waals surface area contributed by atoms with Gasteiger partial charge in [-0.1, -0.05) is 30.3 Å². The van der Waals surface area contributed by atoms with E-state index in [9.17, 15) is 4.79 Å². The fourth-order valence-electron chi connectivity index (χ4n) is 3.44. The molecule has 3 rings (SSSR count). The van der Waals surface area contributed by atoms with Crippen molar-refractivity contribution in [3.63, 3.8) is 0 Å². The summed E-state index contributed by atoms with van der Waals surface area (Å²) in [5.41, 5.74) is 1.18. The fourth-order valence-corrected chi connectivity index (χ4v) is 3.44. The molecule has 1 amide bonds.